The lowest BCUT2D eigenvalue weighted by molar-refractivity contribution is -0.145. The van der Waals surface area contributed by atoms with Gasteiger partial charge < -0.3 is 15.5 Å². The van der Waals surface area contributed by atoms with Crippen molar-refractivity contribution in [2.24, 2.45) is 0 Å². The molecule has 0 aliphatic carbocycles. The number of benzene rings is 2. The molecule has 3 amide bonds. The summed E-state index contributed by atoms with van der Waals surface area (Å²) in [4.78, 5) is 41.4. The van der Waals surface area contributed by atoms with Crippen molar-refractivity contribution in [3.63, 3.8) is 0 Å². The number of rotatable bonds is 2. The minimum Gasteiger partial charge on any atom is -0.399 e. The minimum absolute atomic E-state index is 0.256. The number of anilines is 3. The highest BCUT2D eigenvalue weighted by Crippen LogP contribution is 2.21. The predicted octanol–water partition coefficient (Wildman–Crippen LogP) is 1.64. The van der Waals surface area contributed by atoms with Crippen molar-refractivity contribution in [2.75, 3.05) is 41.7 Å². The molecule has 0 radical (unpaired) electrons. The van der Waals surface area contributed by atoms with Gasteiger partial charge in [-0.1, -0.05) is 12.1 Å². The van der Waals surface area contributed by atoms with Gasteiger partial charge in [0.05, 0.1) is 11.4 Å². The number of para-hydroxylation sites is 1. The van der Waals surface area contributed by atoms with Crippen LogP contribution in [0.5, 0.6) is 0 Å². The number of imide groups is 1. The average molecular weight is 384 g/mol. The van der Waals surface area contributed by atoms with E-state index in [4.69, 9.17) is 5.73 Å². The minimum atomic E-state index is -0.920. The molecule has 0 bridgehead atoms. The van der Waals surface area contributed by atoms with Gasteiger partial charge in [0, 0.05) is 38.8 Å². The molecule has 7 nitrogen and oxygen atoms in total. The fourth-order valence-corrected chi connectivity index (χ4v) is 3.15. The van der Waals surface area contributed by atoms with Crippen molar-refractivity contribution >= 4 is 34.8 Å². The van der Waals surface area contributed by atoms with E-state index in [0.717, 1.165) is 4.90 Å². The molecule has 2 aromatic rings. The Balaban J connectivity index is 1.69. The predicted molar refractivity (Wildman–Crippen MR) is 104 cm³/mol. The lowest BCUT2D eigenvalue weighted by Crippen LogP contribution is -2.54. The third-order valence-electron chi connectivity index (χ3n) is 4.61. The maximum atomic E-state index is 13.9. The quantitative estimate of drug-likeness (QED) is 0.628. The van der Waals surface area contributed by atoms with E-state index in [-0.39, 0.29) is 24.6 Å². The van der Waals surface area contributed by atoms with Crippen LogP contribution in [0.1, 0.15) is 6.92 Å². The molecule has 0 unspecified atom stereocenters. The van der Waals surface area contributed by atoms with E-state index in [1.807, 2.05) is 4.90 Å². The van der Waals surface area contributed by atoms with Gasteiger partial charge in [0.15, 0.2) is 0 Å². The zero-order valence-electron chi connectivity index (χ0n) is 15.5. The van der Waals surface area contributed by atoms with Gasteiger partial charge >= 0.3 is 11.8 Å². The Morgan fingerprint density at radius 3 is 2.14 bits per heavy atom. The Kier molecular flexibility index (Phi) is 5.58. The monoisotopic (exact) mass is 384 g/mol. The number of nitrogen functional groups attached to an aromatic ring is 1. The standard InChI is InChI=1S/C20H21FN4O3/c1-14(26)25(16-8-6-15(22)7-9-16)20(28)19(27)24-12-10-23(11-13-24)18-5-3-2-4-17(18)21/h2-9H,10-13,22H2,1H3. The van der Waals surface area contributed by atoms with Gasteiger partial charge in [0.2, 0.25) is 5.91 Å². The van der Waals surface area contributed by atoms with Crippen molar-refractivity contribution < 1.29 is 18.8 Å². The maximum Gasteiger partial charge on any atom is 0.323 e. The van der Waals surface area contributed by atoms with E-state index >= 15 is 0 Å². The summed E-state index contributed by atoms with van der Waals surface area (Å²) in [5, 5.41) is 0. The van der Waals surface area contributed by atoms with Gasteiger partial charge in [0.25, 0.3) is 0 Å². The van der Waals surface area contributed by atoms with Crippen molar-refractivity contribution in [3.8, 4) is 0 Å². The van der Waals surface area contributed by atoms with Gasteiger partial charge in [-0.3, -0.25) is 14.4 Å². The first kappa shape index (κ1) is 19.3. The number of amides is 3. The Bertz CT molecular complexity index is 893. The summed E-state index contributed by atoms with van der Waals surface area (Å²) >= 11 is 0. The zero-order chi connectivity index (χ0) is 20.3. The number of hydrogen-bond acceptors (Lipinski definition) is 5. The Hall–Kier alpha value is -3.42. The molecule has 0 aromatic heterocycles. The number of halogens is 1. The first-order chi connectivity index (χ1) is 13.4. The van der Waals surface area contributed by atoms with E-state index in [2.05, 4.69) is 0 Å². The lowest BCUT2D eigenvalue weighted by atomic mass is 10.2. The van der Waals surface area contributed by atoms with Crippen LogP contribution in [-0.2, 0) is 14.4 Å². The van der Waals surface area contributed by atoms with Crippen LogP contribution < -0.4 is 15.5 Å². The van der Waals surface area contributed by atoms with E-state index in [1.165, 1.54) is 30.0 Å². The smallest absolute Gasteiger partial charge is 0.323 e. The lowest BCUT2D eigenvalue weighted by Gasteiger charge is -2.36. The Morgan fingerprint density at radius 2 is 1.57 bits per heavy atom. The number of nitrogens with zero attached hydrogens (tertiary/aromatic N) is 3. The molecule has 0 saturated carbocycles. The molecule has 1 aliphatic heterocycles. The van der Waals surface area contributed by atoms with Crippen LogP contribution in [0.15, 0.2) is 48.5 Å². The summed E-state index contributed by atoms with van der Waals surface area (Å²) in [7, 11) is 0. The van der Waals surface area contributed by atoms with E-state index in [0.29, 0.717) is 24.5 Å². The second kappa shape index (κ2) is 8.08. The van der Waals surface area contributed by atoms with Crippen molar-refractivity contribution in [3.05, 3.63) is 54.3 Å². The topological polar surface area (TPSA) is 87.0 Å². The second-order valence-corrected chi connectivity index (χ2v) is 6.48. The normalized spacial score (nSPS) is 13.9. The molecule has 1 fully saturated rings. The van der Waals surface area contributed by atoms with E-state index in [9.17, 15) is 18.8 Å². The molecule has 2 aromatic carbocycles. The highest BCUT2D eigenvalue weighted by atomic mass is 19.1. The van der Waals surface area contributed by atoms with Crippen LogP contribution in [0.3, 0.4) is 0 Å². The van der Waals surface area contributed by atoms with Gasteiger partial charge in [0.1, 0.15) is 5.82 Å². The number of piperazine rings is 1. The third kappa shape index (κ3) is 3.95. The number of carbonyl (C=O) groups is 3. The summed E-state index contributed by atoms with van der Waals surface area (Å²) in [5.41, 5.74) is 6.86. The third-order valence-corrected chi connectivity index (χ3v) is 4.61. The molecule has 1 saturated heterocycles. The summed E-state index contributed by atoms with van der Waals surface area (Å²) < 4.78 is 13.9. The SMILES string of the molecule is CC(=O)N(C(=O)C(=O)N1CCN(c2ccccc2F)CC1)c1ccc(N)cc1. The molecule has 0 spiro atoms. The van der Waals surface area contributed by atoms with Crippen LogP contribution in [-0.4, -0.2) is 48.8 Å². The molecule has 3 rings (SSSR count). The van der Waals surface area contributed by atoms with Crippen LogP contribution in [0.2, 0.25) is 0 Å². The molecule has 1 heterocycles. The van der Waals surface area contributed by atoms with Gasteiger partial charge in [-0.2, -0.15) is 0 Å². The maximum absolute atomic E-state index is 13.9. The number of hydrogen-bond donors (Lipinski definition) is 1. The van der Waals surface area contributed by atoms with Gasteiger partial charge in [-0.25, -0.2) is 9.29 Å². The van der Waals surface area contributed by atoms with Crippen LogP contribution in [0, 0.1) is 5.82 Å². The molecular weight excluding hydrogens is 363 g/mol. The summed E-state index contributed by atoms with van der Waals surface area (Å²) in [5.74, 6) is -2.57. The number of nitrogens with two attached hydrogens (primary N) is 1. The molecule has 8 heteroatoms. The summed E-state index contributed by atoms with van der Waals surface area (Å²) in [6.07, 6.45) is 0. The van der Waals surface area contributed by atoms with Crippen molar-refractivity contribution in [2.45, 2.75) is 6.92 Å². The van der Waals surface area contributed by atoms with Crippen molar-refractivity contribution in [1.29, 1.82) is 0 Å². The summed E-state index contributed by atoms with van der Waals surface area (Å²) in [6.45, 7) is 2.51. The Labute approximate surface area is 162 Å². The molecule has 146 valence electrons. The van der Waals surface area contributed by atoms with Crippen molar-refractivity contribution in [1.82, 2.24) is 4.90 Å². The van der Waals surface area contributed by atoms with Crippen LogP contribution in [0.25, 0.3) is 0 Å². The van der Waals surface area contributed by atoms with Gasteiger partial charge in [-0.15, -0.1) is 0 Å². The molecule has 28 heavy (non-hydrogen) atoms. The zero-order valence-corrected chi connectivity index (χ0v) is 15.5. The first-order valence-electron chi connectivity index (χ1n) is 8.87. The second-order valence-electron chi connectivity index (χ2n) is 6.48. The number of carbonyl (C=O) groups excluding carboxylic acids is 3. The first-order valence-corrected chi connectivity index (χ1v) is 8.87. The van der Waals surface area contributed by atoms with Crippen LogP contribution >= 0.6 is 0 Å². The van der Waals surface area contributed by atoms with E-state index in [1.54, 1.807) is 30.3 Å². The molecule has 2 N–H and O–H groups in total. The molecule has 0 atom stereocenters. The highest BCUT2D eigenvalue weighted by Gasteiger charge is 2.32. The average Bonchev–Trinajstić information content (AvgIpc) is 2.69. The Morgan fingerprint density at radius 1 is 0.964 bits per heavy atom. The van der Waals surface area contributed by atoms with Crippen LogP contribution in [0.4, 0.5) is 21.5 Å². The fourth-order valence-electron chi connectivity index (χ4n) is 3.15. The highest BCUT2D eigenvalue weighted by molar-refractivity contribution is 6.45. The largest absolute Gasteiger partial charge is 0.399 e. The fraction of sp³-hybridized carbons (Fsp3) is 0.250. The van der Waals surface area contributed by atoms with E-state index < -0.39 is 17.7 Å². The molecular formula is C20H21FN4O3. The summed E-state index contributed by atoms with van der Waals surface area (Å²) in [6, 6.07) is 12.6. The molecule has 1 aliphatic rings. The van der Waals surface area contributed by atoms with Gasteiger partial charge in [-0.05, 0) is 36.4 Å².